The van der Waals surface area contributed by atoms with Gasteiger partial charge in [0.1, 0.15) is 6.61 Å². The third-order valence-electron chi connectivity index (χ3n) is 3.25. The third-order valence-corrected chi connectivity index (χ3v) is 3.58. The molecule has 0 atom stereocenters. The summed E-state index contributed by atoms with van der Waals surface area (Å²) in [6, 6.07) is 5.18. The number of hydrogen-bond acceptors (Lipinski definition) is 2. The SMILES string of the molecule is O=C(CC1CCC1)Nc1cc(C#CCO)ccc1Cl. The molecule has 0 radical (unpaired) electrons. The van der Waals surface area contributed by atoms with Gasteiger partial charge in [-0.2, -0.15) is 0 Å². The van der Waals surface area contributed by atoms with E-state index in [2.05, 4.69) is 17.2 Å². The van der Waals surface area contributed by atoms with Crippen LogP contribution in [0.15, 0.2) is 18.2 Å². The molecule has 0 unspecified atom stereocenters. The van der Waals surface area contributed by atoms with Crippen molar-refractivity contribution in [3.63, 3.8) is 0 Å². The first kappa shape index (κ1) is 13.9. The Kier molecular flexibility index (Phi) is 4.84. The molecule has 1 aromatic carbocycles. The summed E-state index contributed by atoms with van der Waals surface area (Å²) in [6.07, 6.45) is 4.07. The standard InChI is InChI=1S/C15H16ClNO2/c16-13-7-6-12(5-2-8-18)9-14(13)17-15(19)10-11-3-1-4-11/h6-7,9,11,18H,1,3-4,8,10H2,(H,17,19). The number of amides is 1. The van der Waals surface area contributed by atoms with Crippen molar-refractivity contribution in [2.24, 2.45) is 5.92 Å². The first-order valence-electron chi connectivity index (χ1n) is 6.38. The maximum absolute atomic E-state index is 11.8. The van der Waals surface area contributed by atoms with Crippen LogP contribution in [0, 0.1) is 17.8 Å². The Balaban J connectivity index is 2.03. The Bertz CT molecular complexity index is 527. The molecule has 1 fully saturated rings. The van der Waals surface area contributed by atoms with Crippen LogP contribution in [-0.2, 0) is 4.79 Å². The summed E-state index contributed by atoms with van der Waals surface area (Å²) in [4.78, 5) is 11.8. The minimum atomic E-state index is -0.188. The minimum Gasteiger partial charge on any atom is -0.384 e. The molecule has 2 N–H and O–H groups in total. The molecule has 0 aromatic heterocycles. The van der Waals surface area contributed by atoms with Crippen molar-refractivity contribution in [1.82, 2.24) is 0 Å². The number of benzene rings is 1. The Morgan fingerprint density at radius 2 is 2.26 bits per heavy atom. The van der Waals surface area contributed by atoms with Gasteiger partial charge in [0.25, 0.3) is 0 Å². The van der Waals surface area contributed by atoms with Gasteiger partial charge in [-0.3, -0.25) is 4.79 Å². The zero-order valence-electron chi connectivity index (χ0n) is 10.6. The van der Waals surface area contributed by atoms with E-state index in [1.165, 1.54) is 6.42 Å². The molecule has 1 saturated carbocycles. The van der Waals surface area contributed by atoms with E-state index in [-0.39, 0.29) is 12.5 Å². The number of carbonyl (C=O) groups is 1. The quantitative estimate of drug-likeness (QED) is 0.835. The molecular formula is C15H16ClNO2. The maximum Gasteiger partial charge on any atom is 0.224 e. The highest BCUT2D eigenvalue weighted by atomic mass is 35.5. The third kappa shape index (κ3) is 3.99. The fourth-order valence-corrected chi connectivity index (χ4v) is 2.17. The van der Waals surface area contributed by atoms with Crippen LogP contribution in [0.5, 0.6) is 0 Å². The lowest BCUT2D eigenvalue weighted by Gasteiger charge is -2.24. The Morgan fingerprint density at radius 1 is 1.47 bits per heavy atom. The van der Waals surface area contributed by atoms with E-state index in [1.807, 2.05) is 0 Å². The van der Waals surface area contributed by atoms with Gasteiger partial charge in [-0.05, 0) is 37.0 Å². The fraction of sp³-hybridized carbons (Fsp3) is 0.400. The summed E-state index contributed by atoms with van der Waals surface area (Å²) in [6.45, 7) is -0.188. The van der Waals surface area contributed by atoms with E-state index < -0.39 is 0 Å². The predicted octanol–water partition coefficient (Wildman–Crippen LogP) is 2.81. The van der Waals surface area contributed by atoms with Gasteiger partial charge in [-0.25, -0.2) is 0 Å². The molecule has 1 aliphatic carbocycles. The van der Waals surface area contributed by atoms with E-state index in [0.717, 1.165) is 18.4 Å². The second-order valence-corrected chi connectivity index (χ2v) is 5.11. The normalized spacial score (nSPS) is 14.2. The Morgan fingerprint density at radius 3 is 2.89 bits per heavy atom. The smallest absolute Gasteiger partial charge is 0.224 e. The highest BCUT2D eigenvalue weighted by Gasteiger charge is 2.20. The zero-order valence-corrected chi connectivity index (χ0v) is 11.3. The van der Waals surface area contributed by atoms with Crippen LogP contribution >= 0.6 is 11.6 Å². The number of carbonyl (C=O) groups excluding carboxylic acids is 1. The second-order valence-electron chi connectivity index (χ2n) is 4.70. The highest BCUT2D eigenvalue weighted by Crippen LogP contribution is 2.30. The number of nitrogens with one attached hydrogen (secondary N) is 1. The lowest BCUT2D eigenvalue weighted by atomic mass is 9.83. The minimum absolute atomic E-state index is 0.00105. The van der Waals surface area contributed by atoms with Gasteiger partial charge in [0, 0.05) is 12.0 Å². The van der Waals surface area contributed by atoms with Crippen LogP contribution in [0.2, 0.25) is 5.02 Å². The van der Waals surface area contributed by atoms with Crippen molar-refractivity contribution in [2.75, 3.05) is 11.9 Å². The number of aliphatic hydroxyl groups is 1. The van der Waals surface area contributed by atoms with Crippen molar-refractivity contribution < 1.29 is 9.90 Å². The molecule has 100 valence electrons. The van der Waals surface area contributed by atoms with E-state index in [9.17, 15) is 4.79 Å². The summed E-state index contributed by atoms with van der Waals surface area (Å²) >= 11 is 6.05. The lowest BCUT2D eigenvalue weighted by molar-refractivity contribution is -0.117. The van der Waals surface area contributed by atoms with Gasteiger partial charge in [0.2, 0.25) is 5.91 Å². The average molecular weight is 278 g/mol. The van der Waals surface area contributed by atoms with Gasteiger partial charge in [-0.1, -0.05) is 29.9 Å². The molecule has 0 aliphatic heterocycles. The fourth-order valence-electron chi connectivity index (χ4n) is 2.00. The first-order valence-corrected chi connectivity index (χ1v) is 6.76. The molecule has 4 heteroatoms. The summed E-state index contributed by atoms with van der Waals surface area (Å²) in [5, 5.41) is 12.0. The molecule has 0 heterocycles. The first-order chi connectivity index (χ1) is 9.19. The molecule has 0 bridgehead atoms. The number of anilines is 1. The highest BCUT2D eigenvalue weighted by molar-refractivity contribution is 6.33. The summed E-state index contributed by atoms with van der Waals surface area (Å²) in [5.41, 5.74) is 1.30. The largest absolute Gasteiger partial charge is 0.384 e. The van der Waals surface area contributed by atoms with Gasteiger partial charge >= 0.3 is 0 Å². The predicted molar refractivity (Wildman–Crippen MR) is 76.0 cm³/mol. The van der Waals surface area contributed by atoms with E-state index in [0.29, 0.717) is 23.0 Å². The van der Waals surface area contributed by atoms with Gasteiger partial charge < -0.3 is 10.4 Å². The zero-order chi connectivity index (χ0) is 13.7. The monoisotopic (exact) mass is 277 g/mol. The number of halogens is 1. The molecule has 2 rings (SSSR count). The Labute approximate surface area is 118 Å². The van der Waals surface area contributed by atoms with Gasteiger partial charge in [-0.15, -0.1) is 0 Å². The van der Waals surface area contributed by atoms with Crippen LogP contribution in [0.25, 0.3) is 0 Å². The summed E-state index contributed by atoms with van der Waals surface area (Å²) < 4.78 is 0. The summed E-state index contributed by atoms with van der Waals surface area (Å²) in [5.74, 6) is 5.88. The molecule has 0 saturated heterocycles. The molecule has 1 amide bonds. The van der Waals surface area contributed by atoms with Crippen LogP contribution < -0.4 is 5.32 Å². The number of hydrogen-bond donors (Lipinski definition) is 2. The van der Waals surface area contributed by atoms with Crippen molar-refractivity contribution in [2.45, 2.75) is 25.7 Å². The van der Waals surface area contributed by atoms with Crippen LogP contribution in [0.3, 0.4) is 0 Å². The van der Waals surface area contributed by atoms with Crippen molar-refractivity contribution in [3.05, 3.63) is 28.8 Å². The second kappa shape index (κ2) is 6.60. The van der Waals surface area contributed by atoms with Crippen LogP contribution in [0.4, 0.5) is 5.69 Å². The van der Waals surface area contributed by atoms with E-state index in [4.69, 9.17) is 16.7 Å². The van der Waals surface area contributed by atoms with Crippen molar-refractivity contribution >= 4 is 23.2 Å². The molecule has 1 aromatic rings. The lowest BCUT2D eigenvalue weighted by Crippen LogP contribution is -2.21. The van der Waals surface area contributed by atoms with Gasteiger partial charge in [0.15, 0.2) is 0 Å². The van der Waals surface area contributed by atoms with E-state index >= 15 is 0 Å². The molecule has 3 nitrogen and oxygen atoms in total. The van der Waals surface area contributed by atoms with E-state index in [1.54, 1.807) is 18.2 Å². The van der Waals surface area contributed by atoms with Crippen molar-refractivity contribution in [1.29, 1.82) is 0 Å². The van der Waals surface area contributed by atoms with Crippen LogP contribution in [-0.4, -0.2) is 17.6 Å². The maximum atomic E-state index is 11.8. The summed E-state index contributed by atoms with van der Waals surface area (Å²) in [7, 11) is 0. The topological polar surface area (TPSA) is 49.3 Å². The Hall–Kier alpha value is -1.50. The van der Waals surface area contributed by atoms with Crippen LogP contribution in [0.1, 0.15) is 31.2 Å². The molecule has 1 aliphatic rings. The molecular weight excluding hydrogens is 262 g/mol. The van der Waals surface area contributed by atoms with Gasteiger partial charge in [0.05, 0.1) is 10.7 Å². The average Bonchev–Trinajstić information content (AvgIpc) is 2.35. The number of rotatable bonds is 3. The van der Waals surface area contributed by atoms with Crippen molar-refractivity contribution in [3.8, 4) is 11.8 Å². The number of aliphatic hydroxyl groups excluding tert-OH is 1. The molecule has 0 spiro atoms. The molecule has 19 heavy (non-hydrogen) atoms.